The third-order valence-corrected chi connectivity index (χ3v) is 4.48. The van der Waals surface area contributed by atoms with Gasteiger partial charge in [0.2, 0.25) is 5.95 Å². The number of nitrogens with one attached hydrogen (secondary N) is 2. The lowest BCUT2D eigenvalue weighted by Gasteiger charge is -2.21. The van der Waals surface area contributed by atoms with Gasteiger partial charge in [-0.3, -0.25) is 0 Å². The van der Waals surface area contributed by atoms with E-state index in [0.29, 0.717) is 5.95 Å². The molecule has 2 aromatic carbocycles. The van der Waals surface area contributed by atoms with Crippen LogP contribution in [0.1, 0.15) is 19.5 Å². The number of aromatic nitrogens is 2. The molecule has 0 spiro atoms. The van der Waals surface area contributed by atoms with Crippen LogP contribution < -0.4 is 20.3 Å². The van der Waals surface area contributed by atoms with Crippen molar-refractivity contribution >= 4 is 28.8 Å². The van der Waals surface area contributed by atoms with E-state index in [1.807, 2.05) is 37.3 Å². The van der Waals surface area contributed by atoms with Gasteiger partial charge < -0.3 is 20.3 Å². The highest BCUT2D eigenvalue weighted by Crippen LogP contribution is 2.27. The number of para-hydroxylation sites is 2. The highest BCUT2D eigenvalue weighted by Gasteiger charge is 2.07. The zero-order chi connectivity index (χ0) is 19.9. The number of benzene rings is 2. The van der Waals surface area contributed by atoms with Crippen molar-refractivity contribution in [1.82, 2.24) is 9.97 Å². The lowest BCUT2D eigenvalue weighted by molar-refractivity contribution is 0.417. The standard InChI is InChI=1S/C22H27N5O/c1-5-27(6-2)18-13-11-17(12-14-18)24-21-15-16(3)23-22(26-21)25-19-9-7-8-10-20(19)28-4/h7-15H,5-6H2,1-4H3,(H2,23,24,25,26). The third-order valence-electron chi connectivity index (χ3n) is 4.48. The number of aryl methyl sites for hydroxylation is 1. The fourth-order valence-electron chi connectivity index (χ4n) is 3.05. The SMILES string of the molecule is CCN(CC)c1ccc(Nc2cc(C)nc(Nc3ccccc3OC)n2)cc1. The van der Waals surface area contributed by atoms with E-state index >= 15 is 0 Å². The van der Waals surface area contributed by atoms with Crippen molar-refractivity contribution in [2.75, 3.05) is 35.7 Å². The number of hydrogen-bond donors (Lipinski definition) is 2. The van der Waals surface area contributed by atoms with Gasteiger partial charge in [0.15, 0.2) is 0 Å². The molecule has 0 amide bonds. The van der Waals surface area contributed by atoms with E-state index in [4.69, 9.17) is 4.74 Å². The summed E-state index contributed by atoms with van der Waals surface area (Å²) < 4.78 is 5.38. The van der Waals surface area contributed by atoms with Gasteiger partial charge in [0.25, 0.3) is 0 Å². The predicted octanol–water partition coefficient (Wildman–Crippen LogP) is 5.13. The first-order chi connectivity index (χ1) is 13.6. The Kier molecular flexibility index (Phi) is 6.32. The second-order valence-corrected chi connectivity index (χ2v) is 6.39. The molecule has 0 aliphatic carbocycles. The van der Waals surface area contributed by atoms with Crippen LogP contribution in [0.3, 0.4) is 0 Å². The van der Waals surface area contributed by atoms with E-state index in [1.165, 1.54) is 5.69 Å². The summed E-state index contributed by atoms with van der Waals surface area (Å²) in [4.78, 5) is 11.4. The van der Waals surface area contributed by atoms with Crippen molar-refractivity contribution in [3.05, 3.63) is 60.3 Å². The summed E-state index contributed by atoms with van der Waals surface area (Å²) in [5, 5.41) is 6.60. The van der Waals surface area contributed by atoms with E-state index in [9.17, 15) is 0 Å². The van der Waals surface area contributed by atoms with Gasteiger partial charge in [0.1, 0.15) is 11.6 Å². The van der Waals surface area contributed by atoms with E-state index in [0.717, 1.165) is 41.7 Å². The van der Waals surface area contributed by atoms with E-state index in [-0.39, 0.29) is 0 Å². The summed E-state index contributed by atoms with van der Waals surface area (Å²) in [6.45, 7) is 8.26. The van der Waals surface area contributed by atoms with Crippen LogP contribution in [0.25, 0.3) is 0 Å². The van der Waals surface area contributed by atoms with Gasteiger partial charge in [-0.05, 0) is 57.2 Å². The summed E-state index contributed by atoms with van der Waals surface area (Å²) in [7, 11) is 1.65. The molecule has 0 saturated heterocycles. The van der Waals surface area contributed by atoms with Gasteiger partial charge in [-0.25, -0.2) is 4.98 Å². The van der Waals surface area contributed by atoms with Gasteiger partial charge >= 0.3 is 0 Å². The Morgan fingerprint density at radius 3 is 2.32 bits per heavy atom. The molecule has 6 nitrogen and oxygen atoms in total. The number of nitrogens with zero attached hydrogens (tertiary/aromatic N) is 3. The average molecular weight is 377 g/mol. The first kappa shape index (κ1) is 19.5. The molecule has 2 N–H and O–H groups in total. The number of methoxy groups -OCH3 is 1. The largest absolute Gasteiger partial charge is 0.495 e. The molecule has 0 radical (unpaired) electrons. The summed E-state index contributed by atoms with van der Waals surface area (Å²) in [6.07, 6.45) is 0. The van der Waals surface area contributed by atoms with Crippen LogP contribution in [0.2, 0.25) is 0 Å². The monoisotopic (exact) mass is 377 g/mol. The average Bonchev–Trinajstić information content (AvgIpc) is 2.70. The van der Waals surface area contributed by atoms with Crippen molar-refractivity contribution in [3.8, 4) is 5.75 Å². The second kappa shape index (κ2) is 9.08. The summed E-state index contributed by atoms with van der Waals surface area (Å²) in [5.74, 6) is 2.00. The Labute approximate surface area is 166 Å². The lowest BCUT2D eigenvalue weighted by Crippen LogP contribution is -2.21. The summed E-state index contributed by atoms with van der Waals surface area (Å²) >= 11 is 0. The van der Waals surface area contributed by atoms with Gasteiger partial charge in [-0.15, -0.1) is 0 Å². The lowest BCUT2D eigenvalue weighted by atomic mass is 10.2. The molecular weight excluding hydrogens is 350 g/mol. The molecule has 0 atom stereocenters. The Hall–Kier alpha value is -3.28. The van der Waals surface area contributed by atoms with Gasteiger partial charge in [-0.1, -0.05) is 12.1 Å². The van der Waals surface area contributed by atoms with Crippen molar-refractivity contribution in [1.29, 1.82) is 0 Å². The van der Waals surface area contributed by atoms with Crippen LogP contribution in [-0.2, 0) is 0 Å². The number of anilines is 5. The van der Waals surface area contributed by atoms with Gasteiger partial charge in [0, 0.05) is 36.2 Å². The normalized spacial score (nSPS) is 10.4. The molecule has 6 heteroatoms. The molecular formula is C22H27N5O. The van der Waals surface area contributed by atoms with Gasteiger partial charge in [-0.2, -0.15) is 4.98 Å². The zero-order valence-electron chi connectivity index (χ0n) is 16.9. The van der Waals surface area contributed by atoms with Crippen molar-refractivity contribution < 1.29 is 4.74 Å². The minimum atomic E-state index is 0.520. The topological polar surface area (TPSA) is 62.3 Å². The summed E-state index contributed by atoms with van der Waals surface area (Å²) in [5.41, 5.74) is 3.89. The highest BCUT2D eigenvalue weighted by atomic mass is 16.5. The van der Waals surface area contributed by atoms with Crippen LogP contribution in [0, 0.1) is 6.92 Å². The zero-order valence-corrected chi connectivity index (χ0v) is 16.9. The van der Waals surface area contributed by atoms with Crippen LogP contribution >= 0.6 is 0 Å². The number of hydrogen-bond acceptors (Lipinski definition) is 6. The fraction of sp³-hybridized carbons (Fsp3) is 0.273. The molecule has 0 saturated carbocycles. The van der Waals surface area contributed by atoms with E-state index < -0.39 is 0 Å². The molecule has 0 aliphatic rings. The van der Waals surface area contributed by atoms with Crippen LogP contribution in [0.4, 0.5) is 28.8 Å². The molecule has 0 unspecified atom stereocenters. The van der Waals surface area contributed by atoms with Crippen molar-refractivity contribution in [2.45, 2.75) is 20.8 Å². The minimum Gasteiger partial charge on any atom is -0.495 e. The van der Waals surface area contributed by atoms with Crippen LogP contribution in [0.5, 0.6) is 5.75 Å². The Morgan fingerprint density at radius 2 is 1.64 bits per heavy atom. The Morgan fingerprint density at radius 1 is 0.929 bits per heavy atom. The molecule has 0 bridgehead atoms. The maximum atomic E-state index is 5.38. The molecule has 3 rings (SSSR count). The fourth-order valence-corrected chi connectivity index (χ4v) is 3.05. The maximum Gasteiger partial charge on any atom is 0.229 e. The molecule has 0 fully saturated rings. The third kappa shape index (κ3) is 4.71. The van der Waals surface area contributed by atoms with Crippen molar-refractivity contribution in [3.63, 3.8) is 0 Å². The molecule has 28 heavy (non-hydrogen) atoms. The molecule has 0 aliphatic heterocycles. The first-order valence-corrected chi connectivity index (χ1v) is 9.50. The second-order valence-electron chi connectivity index (χ2n) is 6.39. The highest BCUT2D eigenvalue weighted by molar-refractivity contribution is 5.65. The Balaban J connectivity index is 1.78. The smallest absolute Gasteiger partial charge is 0.229 e. The quantitative estimate of drug-likeness (QED) is 0.568. The first-order valence-electron chi connectivity index (χ1n) is 9.50. The van der Waals surface area contributed by atoms with Gasteiger partial charge in [0.05, 0.1) is 12.8 Å². The predicted molar refractivity (Wildman–Crippen MR) is 116 cm³/mol. The van der Waals surface area contributed by atoms with Crippen molar-refractivity contribution in [2.24, 2.45) is 0 Å². The molecule has 3 aromatic rings. The molecule has 1 heterocycles. The Bertz CT molecular complexity index is 907. The van der Waals surface area contributed by atoms with E-state index in [2.05, 4.69) is 63.6 Å². The molecule has 1 aromatic heterocycles. The van der Waals surface area contributed by atoms with Crippen LogP contribution in [0.15, 0.2) is 54.6 Å². The minimum absolute atomic E-state index is 0.520. The maximum absolute atomic E-state index is 5.38. The van der Waals surface area contributed by atoms with Crippen LogP contribution in [-0.4, -0.2) is 30.2 Å². The number of rotatable bonds is 8. The van der Waals surface area contributed by atoms with E-state index in [1.54, 1.807) is 7.11 Å². The summed E-state index contributed by atoms with van der Waals surface area (Å²) in [6, 6.07) is 18.0. The number of ether oxygens (including phenoxy) is 1. The molecule has 146 valence electrons.